The van der Waals surface area contributed by atoms with E-state index in [-0.39, 0.29) is 30.0 Å². The lowest BCUT2D eigenvalue weighted by atomic mass is 10.1. The molecule has 1 heterocycles. The van der Waals surface area contributed by atoms with Gasteiger partial charge in [0, 0.05) is 26.6 Å². The number of nitrogens with one attached hydrogen (secondary N) is 1. The number of hydrogen-bond donors (Lipinski definition) is 1. The molecule has 0 bridgehead atoms. The average molecular weight is 343 g/mol. The summed E-state index contributed by atoms with van der Waals surface area (Å²) in [6.45, 7) is 0.956. The summed E-state index contributed by atoms with van der Waals surface area (Å²) in [4.78, 5) is 24.8. The molecule has 1 aromatic rings. The SMILES string of the molecule is CN1C[C@@H](C(=O)NCCc2ccc(F)c(Br)c2)CC1=O. The number of carbonyl (C=O) groups excluding carboxylic acids is 2. The molecule has 1 aromatic carbocycles. The van der Waals surface area contributed by atoms with Crippen LogP contribution in [0.15, 0.2) is 22.7 Å². The summed E-state index contributed by atoms with van der Waals surface area (Å²) < 4.78 is 13.5. The number of carbonyl (C=O) groups is 2. The standard InChI is InChI=1S/C14H16BrFN2O2/c1-18-8-10(7-13(18)19)14(20)17-5-4-9-2-3-12(16)11(15)6-9/h2-3,6,10H,4-5,7-8H2,1H3,(H,17,20)/t10-/m0/s1. The third-order valence-corrected chi connectivity index (χ3v) is 4.02. The van der Waals surface area contributed by atoms with Gasteiger partial charge in [0.2, 0.25) is 11.8 Å². The Balaban J connectivity index is 1.79. The Hall–Kier alpha value is -1.43. The summed E-state index contributed by atoms with van der Waals surface area (Å²) in [6, 6.07) is 4.79. The first kappa shape index (κ1) is 15.0. The first-order chi connectivity index (χ1) is 9.47. The van der Waals surface area contributed by atoms with E-state index in [4.69, 9.17) is 0 Å². The molecule has 2 rings (SSSR count). The van der Waals surface area contributed by atoms with Crippen LogP contribution in [0.3, 0.4) is 0 Å². The number of rotatable bonds is 4. The molecular formula is C14H16BrFN2O2. The van der Waals surface area contributed by atoms with Gasteiger partial charge in [0.15, 0.2) is 0 Å². The van der Waals surface area contributed by atoms with E-state index in [0.717, 1.165) is 5.56 Å². The van der Waals surface area contributed by atoms with Crippen molar-refractivity contribution in [3.8, 4) is 0 Å². The van der Waals surface area contributed by atoms with Crippen molar-refractivity contribution in [1.82, 2.24) is 10.2 Å². The first-order valence-corrected chi connectivity index (χ1v) is 7.22. The lowest BCUT2D eigenvalue weighted by molar-refractivity contribution is -0.128. The van der Waals surface area contributed by atoms with Gasteiger partial charge >= 0.3 is 0 Å². The zero-order valence-electron chi connectivity index (χ0n) is 11.2. The molecule has 1 aliphatic rings. The van der Waals surface area contributed by atoms with Gasteiger partial charge in [-0.25, -0.2) is 4.39 Å². The molecule has 2 amide bonds. The van der Waals surface area contributed by atoms with Crippen LogP contribution in [0.1, 0.15) is 12.0 Å². The van der Waals surface area contributed by atoms with Crippen LogP contribution in [-0.2, 0) is 16.0 Å². The van der Waals surface area contributed by atoms with E-state index in [0.29, 0.717) is 24.0 Å². The van der Waals surface area contributed by atoms with Crippen LogP contribution < -0.4 is 5.32 Å². The highest BCUT2D eigenvalue weighted by Gasteiger charge is 2.31. The van der Waals surface area contributed by atoms with Gasteiger partial charge in [-0.3, -0.25) is 9.59 Å². The van der Waals surface area contributed by atoms with E-state index in [1.807, 2.05) is 0 Å². The second kappa shape index (κ2) is 6.35. The quantitative estimate of drug-likeness (QED) is 0.905. The van der Waals surface area contributed by atoms with Crippen molar-refractivity contribution in [3.05, 3.63) is 34.1 Å². The molecule has 0 spiro atoms. The van der Waals surface area contributed by atoms with Crippen LogP contribution >= 0.6 is 15.9 Å². The van der Waals surface area contributed by atoms with Crippen molar-refractivity contribution in [2.24, 2.45) is 5.92 Å². The van der Waals surface area contributed by atoms with Gasteiger partial charge in [0.25, 0.3) is 0 Å². The number of likely N-dealkylation sites (tertiary alicyclic amines) is 1. The summed E-state index contributed by atoms with van der Waals surface area (Å²) in [6.07, 6.45) is 0.908. The monoisotopic (exact) mass is 342 g/mol. The number of benzene rings is 1. The van der Waals surface area contributed by atoms with E-state index >= 15 is 0 Å². The first-order valence-electron chi connectivity index (χ1n) is 6.43. The number of amides is 2. The Morgan fingerprint density at radius 2 is 2.30 bits per heavy atom. The highest BCUT2D eigenvalue weighted by molar-refractivity contribution is 9.10. The van der Waals surface area contributed by atoms with Gasteiger partial charge in [0.05, 0.1) is 10.4 Å². The Bertz CT molecular complexity index is 536. The average Bonchev–Trinajstić information content (AvgIpc) is 2.74. The van der Waals surface area contributed by atoms with Crippen LogP contribution in [0.4, 0.5) is 4.39 Å². The molecule has 6 heteroatoms. The molecule has 0 aromatic heterocycles. The zero-order chi connectivity index (χ0) is 14.7. The smallest absolute Gasteiger partial charge is 0.225 e. The van der Waals surface area contributed by atoms with Gasteiger partial charge < -0.3 is 10.2 Å². The summed E-state index contributed by atoms with van der Waals surface area (Å²) in [7, 11) is 1.70. The second-order valence-corrected chi connectivity index (χ2v) is 5.82. The molecule has 1 N–H and O–H groups in total. The Kier molecular flexibility index (Phi) is 4.75. The van der Waals surface area contributed by atoms with E-state index in [1.54, 1.807) is 24.1 Å². The number of hydrogen-bond acceptors (Lipinski definition) is 2. The lowest BCUT2D eigenvalue weighted by Gasteiger charge is -2.11. The maximum absolute atomic E-state index is 13.1. The van der Waals surface area contributed by atoms with Gasteiger partial charge in [0.1, 0.15) is 5.82 Å². The molecule has 1 fully saturated rings. The molecule has 1 atom stereocenters. The third-order valence-electron chi connectivity index (χ3n) is 3.41. The minimum absolute atomic E-state index is 0.00705. The van der Waals surface area contributed by atoms with Crippen LogP contribution in [0.25, 0.3) is 0 Å². The highest BCUT2D eigenvalue weighted by atomic mass is 79.9. The van der Waals surface area contributed by atoms with Crippen molar-refractivity contribution >= 4 is 27.7 Å². The van der Waals surface area contributed by atoms with Crippen molar-refractivity contribution in [2.45, 2.75) is 12.8 Å². The maximum atomic E-state index is 13.1. The van der Waals surface area contributed by atoms with E-state index < -0.39 is 0 Å². The molecule has 0 saturated carbocycles. The normalized spacial score (nSPS) is 18.4. The topological polar surface area (TPSA) is 49.4 Å². The van der Waals surface area contributed by atoms with Gasteiger partial charge in [-0.1, -0.05) is 6.07 Å². The molecule has 0 unspecified atom stereocenters. The van der Waals surface area contributed by atoms with Crippen LogP contribution in [0, 0.1) is 11.7 Å². The Labute approximate surface area is 125 Å². The lowest BCUT2D eigenvalue weighted by Crippen LogP contribution is -2.33. The number of nitrogens with zero attached hydrogens (tertiary/aromatic N) is 1. The fourth-order valence-electron chi connectivity index (χ4n) is 2.21. The molecule has 1 aliphatic heterocycles. The van der Waals surface area contributed by atoms with Gasteiger partial charge in [-0.05, 0) is 40.0 Å². The molecule has 0 radical (unpaired) electrons. The second-order valence-electron chi connectivity index (χ2n) is 4.96. The Morgan fingerprint density at radius 1 is 1.55 bits per heavy atom. The van der Waals surface area contributed by atoms with Crippen LogP contribution in [0.5, 0.6) is 0 Å². The summed E-state index contributed by atoms with van der Waals surface area (Å²) >= 11 is 3.13. The molecule has 1 saturated heterocycles. The molecule has 20 heavy (non-hydrogen) atoms. The highest BCUT2D eigenvalue weighted by Crippen LogP contribution is 2.17. The Morgan fingerprint density at radius 3 is 2.90 bits per heavy atom. The third kappa shape index (κ3) is 3.56. The zero-order valence-corrected chi connectivity index (χ0v) is 12.7. The largest absolute Gasteiger partial charge is 0.355 e. The predicted octanol–water partition coefficient (Wildman–Crippen LogP) is 1.73. The minimum Gasteiger partial charge on any atom is -0.355 e. The molecular weight excluding hydrogens is 327 g/mol. The van der Waals surface area contributed by atoms with E-state index in [2.05, 4.69) is 21.2 Å². The minimum atomic E-state index is -0.301. The fourth-order valence-corrected chi connectivity index (χ4v) is 2.63. The number of halogens is 2. The van der Waals surface area contributed by atoms with Gasteiger partial charge in [-0.15, -0.1) is 0 Å². The van der Waals surface area contributed by atoms with Crippen molar-refractivity contribution in [1.29, 1.82) is 0 Å². The van der Waals surface area contributed by atoms with Crippen LogP contribution in [-0.4, -0.2) is 36.9 Å². The predicted molar refractivity (Wildman–Crippen MR) is 76.6 cm³/mol. The molecule has 108 valence electrons. The van der Waals surface area contributed by atoms with E-state index in [1.165, 1.54) is 6.07 Å². The maximum Gasteiger partial charge on any atom is 0.225 e. The summed E-state index contributed by atoms with van der Waals surface area (Å²) in [5.41, 5.74) is 0.943. The van der Waals surface area contributed by atoms with Crippen molar-refractivity contribution < 1.29 is 14.0 Å². The molecule has 0 aliphatic carbocycles. The van der Waals surface area contributed by atoms with E-state index in [9.17, 15) is 14.0 Å². The summed E-state index contributed by atoms with van der Waals surface area (Å²) in [5.74, 6) is -0.644. The van der Waals surface area contributed by atoms with Crippen LogP contribution in [0.2, 0.25) is 0 Å². The van der Waals surface area contributed by atoms with Gasteiger partial charge in [-0.2, -0.15) is 0 Å². The fraction of sp³-hybridized carbons (Fsp3) is 0.429. The summed E-state index contributed by atoms with van der Waals surface area (Å²) in [5, 5.41) is 2.82. The van der Waals surface area contributed by atoms with Crippen molar-refractivity contribution in [3.63, 3.8) is 0 Å². The molecule has 4 nitrogen and oxygen atoms in total. The van der Waals surface area contributed by atoms with Crippen molar-refractivity contribution in [2.75, 3.05) is 20.1 Å².